The molecular formula is C13H26N3O3+. The molecule has 19 heavy (non-hydrogen) atoms. The van der Waals surface area contributed by atoms with E-state index in [2.05, 4.69) is 12.4 Å². The molecule has 2 atom stereocenters. The average Bonchev–Trinajstić information content (AvgIpc) is 2.43. The van der Waals surface area contributed by atoms with Crippen LogP contribution in [0.1, 0.15) is 20.3 Å². The van der Waals surface area contributed by atoms with Gasteiger partial charge in [-0.1, -0.05) is 20.3 Å². The molecule has 0 aromatic heterocycles. The van der Waals surface area contributed by atoms with Crippen LogP contribution in [0.25, 0.3) is 0 Å². The number of hydrogen-bond donors (Lipinski definition) is 2. The van der Waals surface area contributed by atoms with Gasteiger partial charge in [-0.25, -0.2) is 9.59 Å². The van der Waals surface area contributed by atoms with Crippen LogP contribution in [0.15, 0.2) is 0 Å². The smallest absolute Gasteiger partial charge is 0.328 e. The molecule has 1 aliphatic rings. The van der Waals surface area contributed by atoms with Crippen LogP contribution in [0.3, 0.4) is 0 Å². The second-order valence-electron chi connectivity index (χ2n) is 5.28. The maximum atomic E-state index is 12.2. The fraction of sp³-hybridized carbons (Fsp3) is 0.846. The van der Waals surface area contributed by atoms with E-state index in [0.717, 1.165) is 32.6 Å². The van der Waals surface area contributed by atoms with Gasteiger partial charge in [-0.05, 0) is 5.92 Å². The highest BCUT2D eigenvalue weighted by molar-refractivity contribution is 5.83. The van der Waals surface area contributed by atoms with Crippen molar-refractivity contribution in [2.45, 2.75) is 26.3 Å². The molecule has 0 spiro atoms. The van der Waals surface area contributed by atoms with Gasteiger partial charge in [0.05, 0.1) is 40.3 Å². The van der Waals surface area contributed by atoms with Crippen LogP contribution in [-0.4, -0.2) is 63.3 Å². The van der Waals surface area contributed by atoms with Gasteiger partial charge in [0.1, 0.15) is 6.04 Å². The fourth-order valence-electron chi connectivity index (χ4n) is 2.11. The van der Waals surface area contributed by atoms with Crippen LogP contribution in [0.5, 0.6) is 0 Å². The van der Waals surface area contributed by atoms with Crippen LogP contribution in [0.2, 0.25) is 0 Å². The van der Waals surface area contributed by atoms with Gasteiger partial charge in [-0.2, -0.15) is 0 Å². The Kier molecular flexibility index (Phi) is 6.08. The van der Waals surface area contributed by atoms with Crippen molar-refractivity contribution < 1.29 is 19.2 Å². The minimum Gasteiger partial charge on any atom is -0.467 e. The summed E-state index contributed by atoms with van der Waals surface area (Å²) in [7, 11) is 3.47. The predicted octanol–water partition coefficient (Wildman–Crippen LogP) is -0.886. The van der Waals surface area contributed by atoms with Gasteiger partial charge < -0.3 is 19.9 Å². The molecule has 1 aliphatic heterocycles. The zero-order chi connectivity index (χ0) is 14.4. The number of carbonyl (C=O) groups excluding carboxylic acids is 2. The summed E-state index contributed by atoms with van der Waals surface area (Å²) in [6.07, 6.45) is 0.812. The Morgan fingerprint density at radius 3 is 2.42 bits per heavy atom. The molecule has 6 heteroatoms. The Morgan fingerprint density at radius 2 is 1.95 bits per heavy atom. The number of likely N-dealkylation sites (N-methyl/N-ethyl adjacent to an activating group) is 1. The van der Waals surface area contributed by atoms with Crippen LogP contribution in [-0.2, 0) is 9.53 Å². The number of nitrogens with zero attached hydrogens (tertiary/aromatic N) is 1. The minimum absolute atomic E-state index is 0.0643. The predicted molar refractivity (Wildman–Crippen MR) is 72.0 cm³/mol. The monoisotopic (exact) mass is 272 g/mol. The van der Waals surface area contributed by atoms with E-state index < -0.39 is 6.04 Å². The summed E-state index contributed by atoms with van der Waals surface area (Å²) in [5.74, 6) is -0.308. The maximum Gasteiger partial charge on any atom is 0.328 e. The van der Waals surface area contributed by atoms with E-state index in [1.54, 1.807) is 4.90 Å². The first-order chi connectivity index (χ1) is 8.99. The number of carbonyl (C=O) groups is 2. The Morgan fingerprint density at radius 1 is 1.37 bits per heavy atom. The highest BCUT2D eigenvalue weighted by Gasteiger charge is 2.29. The standard InChI is InChI=1S/C13H25N3O3/c1-5-10(2)11(12(17)19-4)14-13(18)16-8-6-15(3)7-9-16/h10-11H,5-9H2,1-4H3,(H,14,18)/p+1/t10-,11+/m1/s1. The molecule has 1 rings (SSSR count). The van der Waals surface area contributed by atoms with Gasteiger partial charge in [0.2, 0.25) is 0 Å². The first-order valence-electron chi connectivity index (χ1n) is 6.94. The van der Waals surface area contributed by atoms with Gasteiger partial charge >= 0.3 is 12.0 Å². The Labute approximate surface area is 115 Å². The number of piperazine rings is 1. The topological polar surface area (TPSA) is 63.1 Å². The number of methoxy groups -OCH3 is 1. The molecular weight excluding hydrogens is 246 g/mol. The fourth-order valence-corrected chi connectivity index (χ4v) is 2.11. The number of esters is 1. The zero-order valence-electron chi connectivity index (χ0n) is 12.4. The number of ether oxygens (including phenoxy) is 1. The van der Waals surface area contributed by atoms with E-state index in [1.165, 1.54) is 12.0 Å². The summed E-state index contributed by atoms with van der Waals surface area (Å²) in [5, 5.41) is 2.81. The summed E-state index contributed by atoms with van der Waals surface area (Å²) in [6.45, 7) is 7.28. The lowest BCUT2D eigenvalue weighted by Crippen LogP contribution is -3.12. The SMILES string of the molecule is CC[C@@H](C)[C@H](NC(=O)N1CC[NH+](C)CC1)C(=O)OC. The van der Waals surface area contributed by atoms with Gasteiger partial charge in [-0.15, -0.1) is 0 Å². The van der Waals surface area contributed by atoms with Crippen LogP contribution < -0.4 is 10.2 Å². The highest BCUT2D eigenvalue weighted by atomic mass is 16.5. The Bertz CT molecular complexity index is 314. The van der Waals surface area contributed by atoms with E-state index in [1.807, 2.05) is 13.8 Å². The van der Waals surface area contributed by atoms with Crippen molar-refractivity contribution in [1.82, 2.24) is 10.2 Å². The third-order valence-corrected chi connectivity index (χ3v) is 3.85. The maximum absolute atomic E-state index is 12.2. The molecule has 110 valence electrons. The van der Waals surface area contributed by atoms with E-state index in [-0.39, 0.29) is 17.9 Å². The third kappa shape index (κ3) is 4.38. The van der Waals surface area contributed by atoms with E-state index in [4.69, 9.17) is 4.74 Å². The molecule has 0 aliphatic carbocycles. The molecule has 6 nitrogen and oxygen atoms in total. The number of rotatable bonds is 4. The third-order valence-electron chi connectivity index (χ3n) is 3.85. The van der Waals surface area contributed by atoms with Crippen LogP contribution in [0.4, 0.5) is 4.79 Å². The van der Waals surface area contributed by atoms with E-state index in [9.17, 15) is 9.59 Å². The van der Waals surface area contributed by atoms with Gasteiger partial charge in [0, 0.05) is 0 Å². The normalized spacial score (nSPS) is 19.7. The molecule has 1 saturated heterocycles. The molecule has 0 saturated carbocycles. The number of urea groups is 1. The summed E-state index contributed by atoms with van der Waals surface area (Å²) in [5.41, 5.74) is 0. The molecule has 2 N–H and O–H groups in total. The summed E-state index contributed by atoms with van der Waals surface area (Å²) in [4.78, 5) is 27.1. The first-order valence-corrected chi connectivity index (χ1v) is 6.94. The lowest BCUT2D eigenvalue weighted by atomic mass is 9.99. The second-order valence-corrected chi connectivity index (χ2v) is 5.28. The van der Waals surface area contributed by atoms with Crippen molar-refractivity contribution in [1.29, 1.82) is 0 Å². The highest BCUT2D eigenvalue weighted by Crippen LogP contribution is 2.09. The molecule has 2 amide bonds. The summed E-state index contributed by atoms with van der Waals surface area (Å²) in [6, 6.07) is -0.724. The molecule has 0 unspecified atom stereocenters. The van der Waals surface area contributed by atoms with Crippen LogP contribution >= 0.6 is 0 Å². The number of nitrogens with one attached hydrogen (secondary N) is 2. The average molecular weight is 272 g/mol. The summed E-state index contributed by atoms with van der Waals surface area (Å²) >= 11 is 0. The number of hydrogen-bond acceptors (Lipinski definition) is 3. The largest absolute Gasteiger partial charge is 0.467 e. The number of amides is 2. The lowest BCUT2D eigenvalue weighted by molar-refractivity contribution is -0.883. The van der Waals surface area contributed by atoms with Crippen molar-refractivity contribution in [2.75, 3.05) is 40.3 Å². The minimum atomic E-state index is -0.561. The molecule has 1 fully saturated rings. The summed E-state index contributed by atoms with van der Waals surface area (Å²) < 4.78 is 4.76. The molecule has 0 aromatic rings. The van der Waals surface area contributed by atoms with Crippen molar-refractivity contribution in [3.63, 3.8) is 0 Å². The van der Waals surface area contributed by atoms with Crippen molar-refractivity contribution in [3.05, 3.63) is 0 Å². The quantitative estimate of drug-likeness (QED) is 0.653. The molecule has 0 aromatic carbocycles. The molecule has 1 heterocycles. The Hall–Kier alpha value is -1.30. The van der Waals surface area contributed by atoms with Gasteiger partial charge in [0.15, 0.2) is 0 Å². The second kappa shape index (κ2) is 7.33. The van der Waals surface area contributed by atoms with Crippen molar-refractivity contribution in [2.24, 2.45) is 5.92 Å². The van der Waals surface area contributed by atoms with Crippen molar-refractivity contribution >= 4 is 12.0 Å². The van der Waals surface area contributed by atoms with Gasteiger partial charge in [-0.3, -0.25) is 0 Å². The van der Waals surface area contributed by atoms with Crippen LogP contribution in [0, 0.1) is 5.92 Å². The zero-order valence-corrected chi connectivity index (χ0v) is 12.4. The number of quaternary nitrogens is 1. The lowest BCUT2D eigenvalue weighted by Gasteiger charge is -2.32. The first kappa shape index (κ1) is 15.8. The van der Waals surface area contributed by atoms with E-state index in [0.29, 0.717) is 0 Å². The molecule has 0 radical (unpaired) electrons. The van der Waals surface area contributed by atoms with Crippen molar-refractivity contribution in [3.8, 4) is 0 Å². The molecule has 0 bridgehead atoms. The Balaban J connectivity index is 2.58. The van der Waals surface area contributed by atoms with E-state index >= 15 is 0 Å². The van der Waals surface area contributed by atoms with Gasteiger partial charge in [0.25, 0.3) is 0 Å².